The second kappa shape index (κ2) is 7.01. The number of hydrogen-bond acceptors (Lipinski definition) is 4. The first-order chi connectivity index (χ1) is 9.15. The number of hydrogen-bond donors (Lipinski definition) is 1. The molecule has 1 N–H and O–H groups in total. The van der Waals surface area contributed by atoms with Gasteiger partial charge in [0.05, 0.1) is 11.6 Å². The maximum atomic E-state index is 12.1. The highest BCUT2D eigenvalue weighted by atomic mass is 32.1. The summed E-state index contributed by atoms with van der Waals surface area (Å²) in [6.45, 7) is 3.78. The fourth-order valence-corrected chi connectivity index (χ4v) is 3.31. The van der Waals surface area contributed by atoms with Crippen LogP contribution in [0.15, 0.2) is 6.20 Å². The summed E-state index contributed by atoms with van der Waals surface area (Å²) in [5.41, 5.74) is 0. The second-order valence-corrected chi connectivity index (χ2v) is 6.60. The second-order valence-electron chi connectivity index (χ2n) is 5.28. The molecule has 2 rings (SSSR count). The van der Waals surface area contributed by atoms with Gasteiger partial charge < -0.3 is 10.2 Å². The van der Waals surface area contributed by atoms with Gasteiger partial charge in [0.2, 0.25) is 5.91 Å². The summed E-state index contributed by atoms with van der Waals surface area (Å²) >= 11 is 1.66. The summed E-state index contributed by atoms with van der Waals surface area (Å²) < 4.78 is 0. The van der Waals surface area contributed by atoms with Crippen molar-refractivity contribution in [1.82, 2.24) is 15.2 Å². The molecule has 19 heavy (non-hydrogen) atoms. The molecular formula is C14H23N3OS. The van der Waals surface area contributed by atoms with E-state index in [-0.39, 0.29) is 5.91 Å². The predicted octanol–water partition coefficient (Wildman–Crippen LogP) is 2.33. The number of aryl methyl sites for hydroxylation is 1. The first-order valence-electron chi connectivity index (χ1n) is 7.04. The summed E-state index contributed by atoms with van der Waals surface area (Å²) in [6, 6.07) is 0.539. The van der Waals surface area contributed by atoms with Gasteiger partial charge in [0, 0.05) is 30.6 Å². The number of carbonyl (C=O) groups is 1. The zero-order valence-electron chi connectivity index (χ0n) is 11.8. The monoisotopic (exact) mass is 281 g/mol. The van der Waals surface area contributed by atoms with Gasteiger partial charge >= 0.3 is 0 Å². The number of aromatic nitrogens is 1. The van der Waals surface area contributed by atoms with E-state index in [9.17, 15) is 4.79 Å². The standard InChI is InChI=1S/C14H23N3OS/c1-11-16-9-13(19-11)10-17(2)14(18)7-6-12-5-3-4-8-15-12/h9,12,15H,3-8,10H2,1-2H3. The van der Waals surface area contributed by atoms with Crippen LogP contribution >= 0.6 is 11.3 Å². The highest BCUT2D eigenvalue weighted by molar-refractivity contribution is 7.11. The molecule has 0 radical (unpaired) electrons. The van der Waals surface area contributed by atoms with E-state index in [1.54, 1.807) is 11.3 Å². The third kappa shape index (κ3) is 4.58. The van der Waals surface area contributed by atoms with Crippen LogP contribution in [-0.4, -0.2) is 35.4 Å². The lowest BCUT2D eigenvalue weighted by molar-refractivity contribution is -0.130. The largest absolute Gasteiger partial charge is 0.341 e. The number of amides is 1. The van der Waals surface area contributed by atoms with Gasteiger partial charge in [-0.1, -0.05) is 6.42 Å². The van der Waals surface area contributed by atoms with Gasteiger partial charge in [0.25, 0.3) is 0 Å². The smallest absolute Gasteiger partial charge is 0.222 e. The van der Waals surface area contributed by atoms with E-state index < -0.39 is 0 Å². The zero-order chi connectivity index (χ0) is 13.7. The van der Waals surface area contributed by atoms with Crippen LogP contribution in [0.5, 0.6) is 0 Å². The molecule has 1 aliphatic rings. The summed E-state index contributed by atoms with van der Waals surface area (Å²) in [6.07, 6.45) is 7.26. The Morgan fingerprint density at radius 1 is 1.58 bits per heavy atom. The van der Waals surface area contributed by atoms with Crippen LogP contribution in [0.1, 0.15) is 42.0 Å². The molecule has 1 aliphatic heterocycles. The molecule has 0 aliphatic carbocycles. The maximum absolute atomic E-state index is 12.1. The number of rotatable bonds is 5. The SMILES string of the molecule is Cc1ncc(CN(C)C(=O)CCC2CCCCN2)s1. The fraction of sp³-hybridized carbons (Fsp3) is 0.714. The van der Waals surface area contributed by atoms with Crippen molar-refractivity contribution in [3.05, 3.63) is 16.1 Å². The van der Waals surface area contributed by atoms with Crippen LogP contribution in [-0.2, 0) is 11.3 Å². The van der Waals surface area contributed by atoms with Crippen molar-refractivity contribution in [2.75, 3.05) is 13.6 Å². The first kappa shape index (κ1) is 14.5. The average molecular weight is 281 g/mol. The third-order valence-electron chi connectivity index (χ3n) is 3.61. The Hall–Kier alpha value is -0.940. The lowest BCUT2D eigenvalue weighted by Crippen LogP contribution is -2.35. The lowest BCUT2D eigenvalue weighted by atomic mass is 10.0. The summed E-state index contributed by atoms with van der Waals surface area (Å²) in [4.78, 5) is 19.3. The van der Waals surface area contributed by atoms with E-state index in [0.29, 0.717) is 19.0 Å². The van der Waals surface area contributed by atoms with Crippen molar-refractivity contribution in [1.29, 1.82) is 0 Å². The van der Waals surface area contributed by atoms with Crippen LogP contribution in [0.25, 0.3) is 0 Å². The predicted molar refractivity (Wildman–Crippen MR) is 78.2 cm³/mol. The molecule has 1 amide bonds. The lowest BCUT2D eigenvalue weighted by Gasteiger charge is -2.24. The number of nitrogens with zero attached hydrogens (tertiary/aromatic N) is 2. The maximum Gasteiger partial charge on any atom is 0.222 e. The molecule has 2 heterocycles. The Labute approximate surface area is 119 Å². The Balaban J connectivity index is 1.72. The highest BCUT2D eigenvalue weighted by Crippen LogP contribution is 2.15. The topological polar surface area (TPSA) is 45.2 Å². The Bertz CT molecular complexity index is 413. The normalized spacial score (nSPS) is 19.4. The van der Waals surface area contributed by atoms with Crippen molar-refractivity contribution in [2.24, 2.45) is 0 Å². The molecule has 1 unspecified atom stereocenters. The third-order valence-corrected chi connectivity index (χ3v) is 4.50. The van der Waals surface area contributed by atoms with Crippen molar-refractivity contribution in [2.45, 2.75) is 51.6 Å². The van der Waals surface area contributed by atoms with Crippen molar-refractivity contribution >= 4 is 17.2 Å². The molecule has 1 saturated heterocycles. The Morgan fingerprint density at radius 3 is 3.05 bits per heavy atom. The molecule has 0 bridgehead atoms. The van der Waals surface area contributed by atoms with Crippen molar-refractivity contribution < 1.29 is 4.79 Å². The van der Waals surface area contributed by atoms with Crippen molar-refractivity contribution in [3.8, 4) is 0 Å². The van der Waals surface area contributed by atoms with E-state index in [0.717, 1.165) is 22.9 Å². The minimum atomic E-state index is 0.235. The zero-order valence-corrected chi connectivity index (χ0v) is 12.6. The van der Waals surface area contributed by atoms with Crippen LogP contribution in [0.4, 0.5) is 0 Å². The highest BCUT2D eigenvalue weighted by Gasteiger charge is 2.16. The molecule has 1 fully saturated rings. The summed E-state index contributed by atoms with van der Waals surface area (Å²) in [5, 5.41) is 4.55. The van der Waals surface area contributed by atoms with Crippen LogP contribution < -0.4 is 5.32 Å². The number of piperidine rings is 1. The average Bonchev–Trinajstić information content (AvgIpc) is 2.82. The molecule has 5 heteroatoms. The Morgan fingerprint density at radius 2 is 2.42 bits per heavy atom. The molecule has 1 aromatic heterocycles. The van der Waals surface area contributed by atoms with E-state index >= 15 is 0 Å². The van der Waals surface area contributed by atoms with Gasteiger partial charge in [-0.05, 0) is 32.7 Å². The van der Waals surface area contributed by atoms with E-state index in [1.807, 2.05) is 25.1 Å². The minimum Gasteiger partial charge on any atom is -0.341 e. The molecular weight excluding hydrogens is 258 g/mol. The molecule has 4 nitrogen and oxygen atoms in total. The quantitative estimate of drug-likeness (QED) is 0.901. The number of thiazole rings is 1. The molecule has 1 aromatic rings. The van der Waals surface area contributed by atoms with Gasteiger partial charge in [-0.3, -0.25) is 4.79 Å². The van der Waals surface area contributed by atoms with Gasteiger partial charge in [-0.25, -0.2) is 4.98 Å². The molecule has 0 aromatic carbocycles. The fourth-order valence-electron chi connectivity index (χ4n) is 2.46. The van der Waals surface area contributed by atoms with Crippen LogP contribution in [0.2, 0.25) is 0 Å². The minimum absolute atomic E-state index is 0.235. The van der Waals surface area contributed by atoms with E-state index in [2.05, 4.69) is 10.3 Å². The first-order valence-corrected chi connectivity index (χ1v) is 7.85. The molecule has 0 spiro atoms. The van der Waals surface area contributed by atoms with Crippen molar-refractivity contribution in [3.63, 3.8) is 0 Å². The molecule has 1 atom stereocenters. The van der Waals surface area contributed by atoms with Gasteiger partial charge in [-0.15, -0.1) is 11.3 Å². The number of nitrogens with one attached hydrogen (secondary N) is 1. The van der Waals surface area contributed by atoms with Gasteiger partial charge in [0.1, 0.15) is 0 Å². The molecule has 106 valence electrons. The van der Waals surface area contributed by atoms with Crippen LogP contribution in [0, 0.1) is 6.92 Å². The van der Waals surface area contributed by atoms with Crippen LogP contribution in [0.3, 0.4) is 0 Å². The number of carbonyl (C=O) groups excluding carboxylic acids is 1. The van der Waals surface area contributed by atoms with Gasteiger partial charge in [-0.2, -0.15) is 0 Å². The molecule has 0 saturated carbocycles. The Kier molecular flexibility index (Phi) is 5.34. The van der Waals surface area contributed by atoms with E-state index in [1.165, 1.54) is 19.3 Å². The summed E-state index contributed by atoms with van der Waals surface area (Å²) in [5.74, 6) is 0.235. The van der Waals surface area contributed by atoms with Gasteiger partial charge in [0.15, 0.2) is 0 Å². The summed E-state index contributed by atoms with van der Waals surface area (Å²) in [7, 11) is 1.88. The van der Waals surface area contributed by atoms with E-state index in [4.69, 9.17) is 0 Å².